The van der Waals surface area contributed by atoms with Gasteiger partial charge in [0.25, 0.3) is 0 Å². The Balaban J connectivity index is 3.00. The molecule has 1 aromatic rings. The third-order valence-electron chi connectivity index (χ3n) is 2.13. The molecule has 0 amide bonds. The molecular formula is C10H10F5N. The van der Waals surface area contributed by atoms with E-state index in [9.17, 15) is 22.0 Å². The van der Waals surface area contributed by atoms with Gasteiger partial charge in [-0.3, -0.25) is 0 Å². The molecule has 0 saturated carbocycles. The van der Waals surface area contributed by atoms with E-state index in [1.54, 1.807) is 0 Å². The maximum absolute atomic E-state index is 13.2. The Kier molecular flexibility index (Phi) is 3.52. The summed E-state index contributed by atoms with van der Waals surface area (Å²) in [6.07, 6.45) is -5.89. The number of benzene rings is 1. The Morgan fingerprint density at radius 2 is 1.75 bits per heavy atom. The predicted octanol–water partition coefficient (Wildman–Crippen LogP) is 3.23. The molecule has 0 radical (unpaired) electrons. The molecule has 0 aliphatic carbocycles. The van der Waals surface area contributed by atoms with Crippen molar-refractivity contribution in [3.05, 3.63) is 34.9 Å². The molecule has 0 bridgehead atoms. The molecule has 0 spiro atoms. The highest BCUT2D eigenvalue weighted by Gasteiger charge is 2.32. The molecule has 1 atom stereocenters. The molecule has 0 aliphatic heterocycles. The van der Waals surface area contributed by atoms with Gasteiger partial charge in [0, 0.05) is 11.6 Å². The van der Waals surface area contributed by atoms with E-state index in [2.05, 4.69) is 0 Å². The zero-order valence-electron chi connectivity index (χ0n) is 8.41. The van der Waals surface area contributed by atoms with Gasteiger partial charge in [-0.05, 0) is 24.6 Å². The van der Waals surface area contributed by atoms with Crippen LogP contribution in [0.5, 0.6) is 0 Å². The van der Waals surface area contributed by atoms with E-state index in [0.29, 0.717) is 6.07 Å². The summed E-state index contributed by atoms with van der Waals surface area (Å²) in [5.74, 6) is -1.69. The van der Waals surface area contributed by atoms with Gasteiger partial charge in [-0.25, -0.2) is 8.78 Å². The first-order chi connectivity index (χ1) is 7.20. The van der Waals surface area contributed by atoms with Crippen molar-refractivity contribution >= 4 is 0 Å². The Morgan fingerprint density at radius 1 is 1.19 bits per heavy atom. The first-order valence-corrected chi connectivity index (χ1v) is 4.48. The van der Waals surface area contributed by atoms with E-state index < -0.39 is 35.8 Å². The summed E-state index contributed by atoms with van der Waals surface area (Å²) >= 11 is 0. The summed E-state index contributed by atoms with van der Waals surface area (Å²) < 4.78 is 62.3. The molecule has 0 fully saturated rings. The van der Waals surface area contributed by atoms with Crippen molar-refractivity contribution in [1.82, 2.24) is 0 Å². The van der Waals surface area contributed by atoms with Gasteiger partial charge in [0.05, 0.1) is 6.42 Å². The lowest BCUT2D eigenvalue weighted by atomic mass is 10.0. The lowest BCUT2D eigenvalue weighted by Crippen LogP contribution is -2.21. The lowest BCUT2D eigenvalue weighted by Gasteiger charge is -2.15. The molecule has 0 aromatic heterocycles. The lowest BCUT2D eigenvalue weighted by molar-refractivity contribution is -0.138. The molecule has 90 valence electrons. The van der Waals surface area contributed by atoms with Gasteiger partial charge in [0.2, 0.25) is 0 Å². The van der Waals surface area contributed by atoms with Crippen molar-refractivity contribution in [2.75, 3.05) is 0 Å². The third kappa shape index (κ3) is 3.16. The molecule has 0 heterocycles. The minimum Gasteiger partial charge on any atom is -0.324 e. The standard InChI is InChI=1S/C10H10F5N/c1-5-2-8(12)6(3-7(5)11)9(16)4-10(13,14)15/h2-3,9H,4,16H2,1H3. The third-order valence-corrected chi connectivity index (χ3v) is 2.13. The summed E-state index contributed by atoms with van der Waals surface area (Å²) in [4.78, 5) is 0. The second-order valence-corrected chi connectivity index (χ2v) is 3.55. The fourth-order valence-electron chi connectivity index (χ4n) is 1.31. The van der Waals surface area contributed by atoms with Crippen LogP contribution in [0.15, 0.2) is 12.1 Å². The number of aryl methyl sites for hydroxylation is 1. The number of rotatable bonds is 2. The number of alkyl halides is 3. The van der Waals surface area contributed by atoms with E-state index in [-0.39, 0.29) is 5.56 Å². The van der Waals surface area contributed by atoms with Crippen molar-refractivity contribution in [2.24, 2.45) is 5.73 Å². The van der Waals surface area contributed by atoms with Gasteiger partial charge in [-0.15, -0.1) is 0 Å². The molecule has 2 N–H and O–H groups in total. The van der Waals surface area contributed by atoms with Crippen LogP contribution >= 0.6 is 0 Å². The van der Waals surface area contributed by atoms with Gasteiger partial charge in [0.1, 0.15) is 11.6 Å². The van der Waals surface area contributed by atoms with Crippen molar-refractivity contribution in [3.8, 4) is 0 Å². The molecule has 1 unspecified atom stereocenters. The first-order valence-electron chi connectivity index (χ1n) is 4.48. The predicted molar refractivity (Wildman–Crippen MR) is 48.7 cm³/mol. The van der Waals surface area contributed by atoms with Crippen LogP contribution in [0.3, 0.4) is 0 Å². The smallest absolute Gasteiger partial charge is 0.324 e. The van der Waals surface area contributed by atoms with E-state index in [1.165, 1.54) is 6.92 Å². The van der Waals surface area contributed by atoms with E-state index in [1.807, 2.05) is 0 Å². The summed E-state index contributed by atoms with van der Waals surface area (Å²) in [5, 5.41) is 0. The molecule has 16 heavy (non-hydrogen) atoms. The number of hydrogen-bond donors (Lipinski definition) is 1. The summed E-state index contributed by atoms with van der Waals surface area (Å²) in [5.41, 5.74) is 4.74. The average Bonchev–Trinajstić information content (AvgIpc) is 2.08. The Hall–Kier alpha value is -1.17. The molecule has 6 heteroatoms. The topological polar surface area (TPSA) is 26.0 Å². The van der Waals surface area contributed by atoms with E-state index >= 15 is 0 Å². The summed E-state index contributed by atoms with van der Waals surface area (Å²) in [6, 6.07) is -0.0442. The maximum Gasteiger partial charge on any atom is 0.390 e. The van der Waals surface area contributed by atoms with Crippen LogP contribution < -0.4 is 5.73 Å². The maximum atomic E-state index is 13.2. The van der Waals surface area contributed by atoms with Gasteiger partial charge < -0.3 is 5.73 Å². The minimum atomic E-state index is -4.51. The van der Waals surface area contributed by atoms with Crippen LogP contribution in [-0.2, 0) is 0 Å². The zero-order valence-corrected chi connectivity index (χ0v) is 8.41. The molecule has 0 aliphatic rings. The molecule has 1 nitrogen and oxygen atoms in total. The van der Waals surface area contributed by atoms with Gasteiger partial charge >= 0.3 is 6.18 Å². The second-order valence-electron chi connectivity index (χ2n) is 3.55. The Morgan fingerprint density at radius 3 is 2.25 bits per heavy atom. The zero-order chi connectivity index (χ0) is 12.5. The number of hydrogen-bond acceptors (Lipinski definition) is 1. The minimum absolute atomic E-state index is 0.0282. The number of halogens is 5. The van der Waals surface area contributed by atoms with Crippen LogP contribution in [0.25, 0.3) is 0 Å². The quantitative estimate of drug-likeness (QED) is 0.788. The normalized spacial score (nSPS) is 13.9. The van der Waals surface area contributed by atoms with E-state index in [4.69, 9.17) is 5.73 Å². The van der Waals surface area contributed by atoms with Crippen LogP contribution in [0.2, 0.25) is 0 Å². The largest absolute Gasteiger partial charge is 0.390 e. The second kappa shape index (κ2) is 4.37. The van der Waals surface area contributed by atoms with Gasteiger partial charge in [-0.1, -0.05) is 0 Å². The van der Waals surface area contributed by atoms with Crippen LogP contribution in [-0.4, -0.2) is 6.18 Å². The van der Waals surface area contributed by atoms with Crippen molar-refractivity contribution < 1.29 is 22.0 Å². The van der Waals surface area contributed by atoms with Crippen molar-refractivity contribution in [1.29, 1.82) is 0 Å². The fourth-order valence-corrected chi connectivity index (χ4v) is 1.31. The fraction of sp³-hybridized carbons (Fsp3) is 0.400. The highest BCUT2D eigenvalue weighted by atomic mass is 19.4. The highest BCUT2D eigenvalue weighted by molar-refractivity contribution is 5.27. The van der Waals surface area contributed by atoms with E-state index in [0.717, 1.165) is 6.07 Å². The van der Waals surface area contributed by atoms with Gasteiger partial charge in [0.15, 0.2) is 0 Å². The summed E-state index contributed by atoms with van der Waals surface area (Å²) in [7, 11) is 0. The Labute approximate surface area is 89.1 Å². The van der Waals surface area contributed by atoms with Crippen molar-refractivity contribution in [2.45, 2.75) is 25.6 Å². The molecule has 0 saturated heterocycles. The van der Waals surface area contributed by atoms with Crippen LogP contribution in [0.1, 0.15) is 23.6 Å². The number of nitrogens with two attached hydrogens (primary N) is 1. The van der Waals surface area contributed by atoms with Crippen LogP contribution in [0, 0.1) is 18.6 Å². The highest BCUT2D eigenvalue weighted by Crippen LogP contribution is 2.29. The SMILES string of the molecule is Cc1cc(F)c(C(N)CC(F)(F)F)cc1F. The Bertz CT molecular complexity index is 386. The molecule has 1 aromatic carbocycles. The monoisotopic (exact) mass is 239 g/mol. The molecule has 1 rings (SSSR count). The summed E-state index contributed by atoms with van der Waals surface area (Å²) in [6.45, 7) is 1.32. The van der Waals surface area contributed by atoms with Crippen LogP contribution in [0.4, 0.5) is 22.0 Å². The average molecular weight is 239 g/mol. The van der Waals surface area contributed by atoms with Gasteiger partial charge in [-0.2, -0.15) is 13.2 Å². The molecular weight excluding hydrogens is 229 g/mol. The first kappa shape index (κ1) is 12.9. The van der Waals surface area contributed by atoms with Crippen molar-refractivity contribution in [3.63, 3.8) is 0 Å².